The van der Waals surface area contributed by atoms with Gasteiger partial charge in [-0.1, -0.05) is 0 Å². The molecule has 0 aliphatic carbocycles. The van der Waals surface area contributed by atoms with Crippen LogP contribution in [0.15, 0.2) is 12.7 Å². The predicted molar refractivity (Wildman–Crippen MR) is 69.6 cm³/mol. The normalized spacial score (nSPS) is 29.8. The zero-order chi connectivity index (χ0) is 16.0. The van der Waals surface area contributed by atoms with Crippen molar-refractivity contribution in [3.63, 3.8) is 0 Å². The molecule has 12 heteroatoms. The predicted octanol–water partition coefficient (Wildman–Crippen LogP) is -2.57. The van der Waals surface area contributed by atoms with E-state index in [-0.39, 0.29) is 17.0 Å². The molecule has 3 heterocycles. The monoisotopic (exact) mass is 328 g/mol. The number of nitrogen functional groups attached to an aromatic ring is 1. The number of nitrogens with two attached hydrogens (primary N) is 1. The minimum atomic E-state index is -3.08. The van der Waals surface area contributed by atoms with E-state index in [1.807, 2.05) is 0 Å². The largest absolute Gasteiger partial charge is 0.766 e. The molecule has 3 rings (SSSR count). The van der Waals surface area contributed by atoms with E-state index < -0.39 is 40.7 Å². The summed E-state index contributed by atoms with van der Waals surface area (Å²) in [6.07, 6.45) is -3.79. The fraction of sp³-hybridized carbons (Fsp3) is 0.400. The molecule has 0 bridgehead atoms. The molecule has 1 aliphatic rings. The Labute approximate surface area is 125 Å². The van der Waals surface area contributed by atoms with Crippen LogP contribution in [-0.2, 0) is 20.6 Å². The molecular weight excluding hydrogens is 318 g/mol. The quantitative estimate of drug-likeness (QED) is 0.496. The van der Waals surface area contributed by atoms with Gasteiger partial charge in [0.2, 0.25) is 5.12 Å². The molecule has 2 aromatic rings. The number of anilines is 1. The van der Waals surface area contributed by atoms with Crippen LogP contribution in [0, 0.1) is 0 Å². The lowest BCUT2D eigenvalue weighted by Crippen LogP contribution is -2.37. The summed E-state index contributed by atoms with van der Waals surface area (Å²) in [5.74, 6) is 0.102. The molecule has 0 spiro atoms. The lowest BCUT2D eigenvalue weighted by atomic mass is 10.1. The Hall–Kier alpha value is -1.99. The lowest BCUT2D eigenvalue weighted by molar-refractivity contribution is -0.127. The smallest absolute Gasteiger partial charge is 0.237 e. The molecule has 2 aromatic heterocycles. The number of carbonyl (C=O) groups excluding carboxylic acids is 1. The number of hydrogen-bond acceptors (Lipinski definition) is 10. The Balaban J connectivity index is 1.99. The van der Waals surface area contributed by atoms with Gasteiger partial charge in [0.25, 0.3) is 0 Å². The molecule has 1 unspecified atom stereocenters. The van der Waals surface area contributed by atoms with E-state index in [0.29, 0.717) is 0 Å². The number of fused-ring (bicyclic) bond motifs is 1. The minimum Gasteiger partial charge on any atom is -0.766 e. The maximum Gasteiger partial charge on any atom is 0.237 e. The highest BCUT2D eigenvalue weighted by atomic mass is 32.2. The molecule has 0 amide bonds. The minimum absolute atomic E-state index is 0.102. The van der Waals surface area contributed by atoms with Crippen molar-refractivity contribution in [3.8, 4) is 0 Å². The van der Waals surface area contributed by atoms with Crippen molar-refractivity contribution in [1.29, 1.82) is 0 Å². The van der Waals surface area contributed by atoms with Crippen LogP contribution < -0.4 is 5.73 Å². The highest BCUT2D eigenvalue weighted by Gasteiger charge is 2.47. The van der Waals surface area contributed by atoms with E-state index in [1.54, 1.807) is 0 Å². The second-order valence-corrected chi connectivity index (χ2v) is 5.44. The van der Waals surface area contributed by atoms with E-state index >= 15 is 0 Å². The third-order valence-corrected chi connectivity index (χ3v) is 3.86. The van der Waals surface area contributed by atoms with E-state index in [0.717, 1.165) is 0 Å². The molecule has 0 radical (unpaired) electrons. The molecule has 5 atom stereocenters. The van der Waals surface area contributed by atoms with Gasteiger partial charge in [-0.2, -0.15) is 0 Å². The summed E-state index contributed by atoms with van der Waals surface area (Å²) < 4.78 is 27.8. The molecular formula is C10H10N5O6S-. The van der Waals surface area contributed by atoms with Gasteiger partial charge in [0, 0.05) is 11.1 Å². The summed E-state index contributed by atoms with van der Waals surface area (Å²) >= 11 is -3.08. The fourth-order valence-electron chi connectivity index (χ4n) is 2.24. The summed E-state index contributed by atoms with van der Waals surface area (Å²) in [5.41, 5.74) is 6.08. The van der Waals surface area contributed by atoms with Crippen LogP contribution in [0.5, 0.6) is 0 Å². The Morgan fingerprint density at radius 2 is 2.09 bits per heavy atom. The molecule has 0 saturated carbocycles. The first kappa shape index (κ1) is 14.9. The first-order chi connectivity index (χ1) is 10.4. The summed E-state index contributed by atoms with van der Waals surface area (Å²) in [6, 6.07) is 0. The second kappa shape index (κ2) is 5.33. The van der Waals surface area contributed by atoms with Crippen LogP contribution in [0.4, 0.5) is 5.82 Å². The molecule has 4 N–H and O–H groups in total. The molecule has 1 saturated heterocycles. The fourth-order valence-corrected chi connectivity index (χ4v) is 2.62. The maximum atomic E-state index is 11.5. The number of imidazole rings is 1. The van der Waals surface area contributed by atoms with Gasteiger partial charge in [-0.15, -0.1) is 0 Å². The van der Waals surface area contributed by atoms with Crippen LogP contribution in [0.1, 0.15) is 6.23 Å². The van der Waals surface area contributed by atoms with Gasteiger partial charge in [0.1, 0.15) is 24.1 Å². The maximum absolute atomic E-state index is 11.5. The average Bonchev–Trinajstić information content (AvgIpc) is 3.02. The number of aliphatic hydroxyl groups is 2. The third kappa shape index (κ3) is 2.17. The number of rotatable bonds is 2. The van der Waals surface area contributed by atoms with Gasteiger partial charge >= 0.3 is 0 Å². The van der Waals surface area contributed by atoms with Gasteiger partial charge < -0.3 is 25.2 Å². The average molecular weight is 328 g/mol. The van der Waals surface area contributed by atoms with Gasteiger partial charge in [-0.3, -0.25) is 13.6 Å². The zero-order valence-corrected chi connectivity index (χ0v) is 11.6. The topological polar surface area (TPSA) is 177 Å². The standard InChI is InChI=1S/C10H11N5O6S/c11-7-3-8(13-1-12-7)15(2-14-3)9-5(17)4(16)6(21-9)10(18)22(19)20/h1-2,4-6,9,16-17H,(H,19,20)(H2,11,12,13)/p-1/t4-,5+,6-,9+/m0/s1. The number of aliphatic hydroxyl groups excluding tert-OH is 2. The Morgan fingerprint density at radius 1 is 1.36 bits per heavy atom. The second-order valence-electron chi connectivity index (χ2n) is 4.57. The number of hydrogen-bond donors (Lipinski definition) is 3. The highest BCUT2D eigenvalue weighted by molar-refractivity contribution is 7.95. The molecule has 1 aliphatic heterocycles. The van der Waals surface area contributed by atoms with Gasteiger partial charge in [-0.05, 0) is 0 Å². The molecule has 11 nitrogen and oxygen atoms in total. The van der Waals surface area contributed by atoms with Crippen LogP contribution in [0.3, 0.4) is 0 Å². The number of carbonyl (C=O) groups is 1. The summed E-state index contributed by atoms with van der Waals surface area (Å²) in [7, 11) is 0. The van der Waals surface area contributed by atoms with Crippen molar-refractivity contribution in [2.75, 3.05) is 5.73 Å². The third-order valence-electron chi connectivity index (χ3n) is 3.30. The molecule has 22 heavy (non-hydrogen) atoms. The van der Waals surface area contributed by atoms with Gasteiger partial charge in [0.05, 0.1) is 6.33 Å². The van der Waals surface area contributed by atoms with Crippen LogP contribution in [0.2, 0.25) is 0 Å². The SMILES string of the molecule is Nc1ncnc2c1ncn2[C@@H]1O[C@H](C(=O)S(=O)[O-])[C@@H](O)[C@H]1O. The van der Waals surface area contributed by atoms with E-state index in [1.165, 1.54) is 17.2 Å². The number of ether oxygens (including phenoxy) is 1. The van der Waals surface area contributed by atoms with E-state index in [9.17, 15) is 23.8 Å². The van der Waals surface area contributed by atoms with Crippen LogP contribution >= 0.6 is 0 Å². The summed E-state index contributed by atoms with van der Waals surface area (Å²) in [6.45, 7) is 0. The van der Waals surface area contributed by atoms with E-state index in [2.05, 4.69) is 15.0 Å². The van der Waals surface area contributed by atoms with Crippen molar-refractivity contribution in [3.05, 3.63) is 12.7 Å². The Bertz CT molecular complexity index is 765. The summed E-state index contributed by atoms with van der Waals surface area (Å²) in [4.78, 5) is 23.1. The first-order valence-corrected chi connectivity index (χ1v) is 7.07. The van der Waals surface area contributed by atoms with E-state index in [4.69, 9.17) is 10.5 Å². The van der Waals surface area contributed by atoms with Gasteiger partial charge in [-0.25, -0.2) is 15.0 Å². The number of nitrogens with zero attached hydrogens (tertiary/aromatic N) is 4. The van der Waals surface area contributed by atoms with Crippen molar-refractivity contribution < 1.29 is 28.5 Å². The lowest BCUT2D eigenvalue weighted by Gasteiger charge is -2.16. The first-order valence-electron chi connectivity index (χ1n) is 5.99. The Kier molecular flexibility index (Phi) is 3.62. The Morgan fingerprint density at radius 3 is 2.77 bits per heavy atom. The van der Waals surface area contributed by atoms with Crippen LogP contribution in [0.25, 0.3) is 11.2 Å². The molecule has 0 aromatic carbocycles. The molecule has 1 fully saturated rings. The van der Waals surface area contributed by atoms with Crippen molar-refractivity contribution in [1.82, 2.24) is 19.5 Å². The zero-order valence-electron chi connectivity index (χ0n) is 10.8. The van der Waals surface area contributed by atoms with Crippen molar-refractivity contribution in [2.24, 2.45) is 0 Å². The highest BCUT2D eigenvalue weighted by Crippen LogP contribution is 2.32. The van der Waals surface area contributed by atoms with Crippen LogP contribution in [-0.4, -0.2) is 61.9 Å². The molecule has 118 valence electrons. The van der Waals surface area contributed by atoms with Crippen molar-refractivity contribution in [2.45, 2.75) is 24.5 Å². The van der Waals surface area contributed by atoms with Crippen molar-refractivity contribution >= 4 is 33.2 Å². The number of aromatic nitrogens is 4. The summed E-state index contributed by atoms with van der Waals surface area (Å²) in [5, 5.41) is 18.5. The van der Waals surface area contributed by atoms with Gasteiger partial charge in [0.15, 0.2) is 23.8 Å².